The molecule has 0 bridgehead atoms. The number of rotatable bonds is 9. The van der Waals surface area contributed by atoms with Crippen LogP contribution in [0.5, 0.6) is 0 Å². The summed E-state index contributed by atoms with van der Waals surface area (Å²) >= 11 is 0. The predicted molar refractivity (Wildman–Crippen MR) is 102 cm³/mol. The highest BCUT2D eigenvalue weighted by molar-refractivity contribution is 7.89. The standard InChI is InChI=1S/C19H23F2N3O3S/c1-24(2)18(14-6-4-3-5-7-14)13-22-19(25)10-11-23-28(26,27)15-8-9-16(20)17(21)12-15/h3-9,12,18,23H,10-11,13H2,1-2H3,(H,22,25). The van der Waals surface area contributed by atoms with Crippen LogP contribution in [0.25, 0.3) is 0 Å². The number of benzene rings is 2. The summed E-state index contributed by atoms with van der Waals surface area (Å²) in [5.41, 5.74) is 1.05. The molecule has 1 unspecified atom stereocenters. The summed E-state index contributed by atoms with van der Waals surface area (Å²) in [7, 11) is -0.223. The van der Waals surface area contributed by atoms with Crippen molar-refractivity contribution in [3.63, 3.8) is 0 Å². The monoisotopic (exact) mass is 411 g/mol. The van der Waals surface area contributed by atoms with Gasteiger partial charge in [-0.3, -0.25) is 4.79 Å². The SMILES string of the molecule is CN(C)C(CNC(=O)CCNS(=O)(=O)c1ccc(F)c(F)c1)c1ccccc1. The zero-order valence-electron chi connectivity index (χ0n) is 15.7. The lowest BCUT2D eigenvalue weighted by molar-refractivity contribution is -0.121. The minimum atomic E-state index is -4.03. The van der Waals surface area contributed by atoms with Crippen LogP contribution in [-0.2, 0) is 14.8 Å². The Kier molecular flexibility index (Phi) is 7.61. The Balaban J connectivity index is 1.85. The minimum Gasteiger partial charge on any atom is -0.354 e. The molecule has 0 fully saturated rings. The first-order valence-electron chi connectivity index (χ1n) is 8.63. The Morgan fingerprint density at radius 3 is 2.36 bits per heavy atom. The maximum atomic E-state index is 13.2. The molecule has 152 valence electrons. The molecule has 0 aliphatic carbocycles. The van der Waals surface area contributed by atoms with Gasteiger partial charge in [0.05, 0.1) is 10.9 Å². The van der Waals surface area contributed by atoms with Crippen LogP contribution in [0, 0.1) is 11.6 Å². The van der Waals surface area contributed by atoms with E-state index in [1.807, 2.05) is 49.3 Å². The second-order valence-electron chi connectivity index (χ2n) is 6.42. The molecule has 0 aliphatic rings. The Morgan fingerprint density at radius 1 is 1.07 bits per heavy atom. The van der Waals surface area contributed by atoms with Crippen molar-refractivity contribution in [3.8, 4) is 0 Å². The van der Waals surface area contributed by atoms with Crippen LogP contribution < -0.4 is 10.0 Å². The molecule has 0 spiro atoms. The molecule has 0 heterocycles. The molecule has 1 atom stereocenters. The number of carbonyl (C=O) groups is 1. The summed E-state index contributed by atoms with van der Waals surface area (Å²) in [5, 5.41) is 2.78. The van der Waals surface area contributed by atoms with E-state index >= 15 is 0 Å². The molecule has 9 heteroatoms. The number of nitrogens with one attached hydrogen (secondary N) is 2. The van der Waals surface area contributed by atoms with Gasteiger partial charge in [0.25, 0.3) is 0 Å². The van der Waals surface area contributed by atoms with E-state index < -0.39 is 26.6 Å². The lowest BCUT2D eigenvalue weighted by Gasteiger charge is -2.25. The Labute approximate surface area is 163 Å². The van der Waals surface area contributed by atoms with Gasteiger partial charge in [0.15, 0.2) is 11.6 Å². The predicted octanol–water partition coefficient (Wildman–Crippen LogP) is 2.05. The molecule has 2 aromatic rings. The molecule has 2 rings (SSSR count). The summed E-state index contributed by atoms with van der Waals surface area (Å²) in [4.78, 5) is 13.6. The van der Waals surface area contributed by atoms with Crippen LogP contribution in [-0.4, -0.2) is 46.4 Å². The molecule has 0 saturated heterocycles. The molecule has 0 aliphatic heterocycles. The topological polar surface area (TPSA) is 78.5 Å². The first-order valence-corrected chi connectivity index (χ1v) is 10.1. The van der Waals surface area contributed by atoms with E-state index in [4.69, 9.17) is 0 Å². The van der Waals surface area contributed by atoms with Gasteiger partial charge < -0.3 is 10.2 Å². The van der Waals surface area contributed by atoms with Gasteiger partial charge in [0, 0.05) is 19.5 Å². The van der Waals surface area contributed by atoms with Crippen LogP contribution in [0.15, 0.2) is 53.4 Å². The molecule has 0 aromatic heterocycles. The van der Waals surface area contributed by atoms with Gasteiger partial charge >= 0.3 is 0 Å². The summed E-state index contributed by atoms with van der Waals surface area (Å²) in [5.74, 6) is -2.71. The fourth-order valence-corrected chi connectivity index (χ4v) is 3.64. The summed E-state index contributed by atoms with van der Waals surface area (Å²) in [6.07, 6.45) is -0.0855. The van der Waals surface area contributed by atoms with Crippen molar-refractivity contribution in [3.05, 3.63) is 65.7 Å². The van der Waals surface area contributed by atoms with Crippen molar-refractivity contribution in [2.45, 2.75) is 17.4 Å². The smallest absolute Gasteiger partial charge is 0.240 e. The van der Waals surface area contributed by atoms with E-state index in [0.29, 0.717) is 12.6 Å². The molecular formula is C19H23F2N3O3S. The van der Waals surface area contributed by atoms with Crippen molar-refractivity contribution in [2.75, 3.05) is 27.2 Å². The quantitative estimate of drug-likeness (QED) is 0.662. The lowest BCUT2D eigenvalue weighted by Crippen LogP contribution is -2.36. The zero-order valence-corrected chi connectivity index (χ0v) is 16.5. The number of hydrogen-bond donors (Lipinski definition) is 2. The third-order valence-corrected chi connectivity index (χ3v) is 5.60. The maximum absolute atomic E-state index is 13.2. The van der Waals surface area contributed by atoms with Crippen molar-refractivity contribution in [1.82, 2.24) is 14.9 Å². The fourth-order valence-electron chi connectivity index (χ4n) is 2.60. The maximum Gasteiger partial charge on any atom is 0.240 e. The molecule has 1 amide bonds. The number of sulfonamides is 1. The number of halogens is 2. The number of amides is 1. The Hall–Kier alpha value is -2.36. The molecule has 28 heavy (non-hydrogen) atoms. The Morgan fingerprint density at radius 2 is 1.75 bits per heavy atom. The van der Waals surface area contributed by atoms with Crippen LogP contribution in [0.1, 0.15) is 18.0 Å². The van der Waals surface area contributed by atoms with Crippen LogP contribution in [0.3, 0.4) is 0 Å². The minimum absolute atomic E-state index is 0.0240. The first kappa shape index (κ1) is 21.9. The van der Waals surface area contributed by atoms with E-state index in [0.717, 1.165) is 17.7 Å². The van der Waals surface area contributed by atoms with Gasteiger partial charge in [0.2, 0.25) is 15.9 Å². The number of carbonyl (C=O) groups excluding carboxylic acids is 1. The highest BCUT2D eigenvalue weighted by Gasteiger charge is 2.18. The third kappa shape index (κ3) is 6.08. The molecule has 0 radical (unpaired) electrons. The summed E-state index contributed by atoms with van der Waals surface area (Å²) in [6, 6.07) is 11.9. The van der Waals surface area contributed by atoms with Gasteiger partial charge in [-0.25, -0.2) is 21.9 Å². The molecule has 2 aromatic carbocycles. The summed E-state index contributed by atoms with van der Waals surface area (Å²) < 4.78 is 52.5. The Bertz CT molecular complexity index is 906. The number of likely N-dealkylation sites (N-methyl/N-ethyl adjacent to an activating group) is 1. The highest BCUT2D eigenvalue weighted by Crippen LogP contribution is 2.17. The summed E-state index contributed by atoms with van der Waals surface area (Å²) in [6.45, 7) is 0.205. The van der Waals surface area contributed by atoms with E-state index in [-0.39, 0.29) is 24.9 Å². The molecule has 0 saturated carbocycles. The van der Waals surface area contributed by atoms with E-state index in [1.165, 1.54) is 0 Å². The van der Waals surface area contributed by atoms with Crippen molar-refractivity contribution in [2.24, 2.45) is 0 Å². The highest BCUT2D eigenvalue weighted by atomic mass is 32.2. The second-order valence-corrected chi connectivity index (χ2v) is 8.18. The molecular weight excluding hydrogens is 388 g/mol. The average Bonchev–Trinajstić information content (AvgIpc) is 2.64. The van der Waals surface area contributed by atoms with Gasteiger partial charge in [-0.1, -0.05) is 30.3 Å². The van der Waals surface area contributed by atoms with Crippen LogP contribution in [0.4, 0.5) is 8.78 Å². The fraction of sp³-hybridized carbons (Fsp3) is 0.316. The third-order valence-electron chi connectivity index (χ3n) is 4.15. The zero-order chi connectivity index (χ0) is 20.7. The molecule has 2 N–H and O–H groups in total. The van der Waals surface area contributed by atoms with Gasteiger partial charge in [-0.05, 0) is 37.9 Å². The van der Waals surface area contributed by atoms with E-state index in [9.17, 15) is 22.0 Å². The molecule has 6 nitrogen and oxygen atoms in total. The van der Waals surface area contributed by atoms with Crippen molar-refractivity contribution < 1.29 is 22.0 Å². The number of nitrogens with zero attached hydrogens (tertiary/aromatic N) is 1. The van der Waals surface area contributed by atoms with E-state index in [1.54, 1.807) is 0 Å². The number of hydrogen-bond acceptors (Lipinski definition) is 4. The van der Waals surface area contributed by atoms with Crippen LogP contribution in [0.2, 0.25) is 0 Å². The normalized spacial score (nSPS) is 12.8. The first-order chi connectivity index (χ1) is 13.2. The van der Waals surface area contributed by atoms with Gasteiger partial charge in [0.1, 0.15) is 0 Å². The largest absolute Gasteiger partial charge is 0.354 e. The van der Waals surface area contributed by atoms with Crippen molar-refractivity contribution >= 4 is 15.9 Å². The average molecular weight is 411 g/mol. The van der Waals surface area contributed by atoms with E-state index in [2.05, 4.69) is 10.0 Å². The van der Waals surface area contributed by atoms with Gasteiger partial charge in [-0.2, -0.15) is 0 Å². The lowest BCUT2D eigenvalue weighted by atomic mass is 10.1. The van der Waals surface area contributed by atoms with Crippen molar-refractivity contribution in [1.29, 1.82) is 0 Å². The van der Waals surface area contributed by atoms with Crippen LogP contribution >= 0.6 is 0 Å². The second kappa shape index (κ2) is 9.72. The van der Waals surface area contributed by atoms with Gasteiger partial charge in [-0.15, -0.1) is 0 Å².